The summed E-state index contributed by atoms with van der Waals surface area (Å²) in [6.07, 6.45) is 1.68. The Hall–Kier alpha value is -2.34. The normalized spacial score (nSPS) is 10.4. The number of carbonyl (C=O) groups is 2. The minimum Gasteiger partial charge on any atom is -0.461 e. The molecular weight excluding hydrogens is 380 g/mol. The van der Waals surface area contributed by atoms with Crippen LogP contribution in [0.3, 0.4) is 0 Å². The molecule has 26 heavy (non-hydrogen) atoms. The Kier molecular flexibility index (Phi) is 8.15. The number of rotatable bonds is 11. The lowest BCUT2D eigenvalue weighted by atomic mass is 10.3. The molecule has 12 heteroatoms. The van der Waals surface area contributed by atoms with Crippen molar-refractivity contribution in [3.63, 3.8) is 0 Å². The number of anilines is 2. The van der Waals surface area contributed by atoms with Gasteiger partial charge in [0.2, 0.25) is 11.4 Å². The monoisotopic (exact) mass is 400 g/mol. The van der Waals surface area contributed by atoms with Crippen molar-refractivity contribution in [3.05, 3.63) is 11.4 Å². The lowest BCUT2D eigenvalue weighted by Crippen LogP contribution is -2.12. The molecule has 142 valence electrons. The van der Waals surface area contributed by atoms with Crippen LogP contribution < -0.4 is 10.6 Å². The molecule has 0 spiro atoms. The Balaban J connectivity index is 1.69. The van der Waals surface area contributed by atoms with Gasteiger partial charge in [0, 0.05) is 36.2 Å². The number of nitrogens with zero attached hydrogens (tertiary/aromatic N) is 4. The fraction of sp³-hybridized carbons (Fsp3) is 0.571. The van der Waals surface area contributed by atoms with Gasteiger partial charge in [0.15, 0.2) is 0 Å². The van der Waals surface area contributed by atoms with E-state index in [0.717, 1.165) is 35.9 Å². The van der Waals surface area contributed by atoms with E-state index in [4.69, 9.17) is 9.47 Å². The zero-order valence-corrected chi connectivity index (χ0v) is 16.1. The number of ether oxygens (including phenoxy) is 2. The summed E-state index contributed by atoms with van der Waals surface area (Å²) in [6.45, 7) is 5.38. The van der Waals surface area contributed by atoms with Crippen molar-refractivity contribution in [1.82, 2.24) is 19.2 Å². The van der Waals surface area contributed by atoms with Crippen LogP contribution in [0.2, 0.25) is 0 Å². The molecule has 2 aromatic rings. The second-order valence-electron chi connectivity index (χ2n) is 4.90. The third-order valence-electron chi connectivity index (χ3n) is 3.09. The summed E-state index contributed by atoms with van der Waals surface area (Å²) in [4.78, 5) is 23.4. The SMILES string of the molecule is CCOC(=O)c1nnsc1NCCCCNc1snnc1C(=O)OCC. The van der Waals surface area contributed by atoms with Gasteiger partial charge in [-0.1, -0.05) is 8.98 Å². The predicted molar refractivity (Wildman–Crippen MR) is 97.9 cm³/mol. The Morgan fingerprint density at radius 3 is 1.65 bits per heavy atom. The summed E-state index contributed by atoms with van der Waals surface area (Å²) in [5, 5.41) is 15.1. The van der Waals surface area contributed by atoms with E-state index < -0.39 is 11.9 Å². The van der Waals surface area contributed by atoms with Crippen LogP contribution in [0.1, 0.15) is 47.7 Å². The maximum absolute atomic E-state index is 11.7. The van der Waals surface area contributed by atoms with E-state index in [0.29, 0.717) is 36.3 Å². The first-order valence-corrected chi connectivity index (χ1v) is 9.68. The molecule has 0 atom stereocenters. The Morgan fingerprint density at radius 1 is 0.846 bits per heavy atom. The zero-order chi connectivity index (χ0) is 18.8. The molecule has 0 fully saturated rings. The van der Waals surface area contributed by atoms with Crippen molar-refractivity contribution in [2.45, 2.75) is 26.7 Å². The number of carbonyl (C=O) groups excluding carboxylic acids is 2. The highest BCUT2D eigenvalue weighted by Crippen LogP contribution is 2.20. The average Bonchev–Trinajstić information content (AvgIpc) is 3.27. The Morgan fingerprint density at radius 2 is 1.27 bits per heavy atom. The molecule has 0 amide bonds. The number of hydrogen-bond donors (Lipinski definition) is 2. The number of hydrogen-bond acceptors (Lipinski definition) is 12. The molecule has 0 bridgehead atoms. The van der Waals surface area contributed by atoms with Gasteiger partial charge in [0.05, 0.1) is 13.2 Å². The summed E-state index contributed by atoms with van der Waals surface area (Å²) >= 11 is 2.24. The molecule has 10 nitrogen and oxygen atoms in total. The summed E-state index contributed by atoms with van der Waals surface area (Å²) in [5.41, 5.74) is 0.426. The van der Waals surface area contributed by atoms with Crippen LogP contribution in [-0.2, 0) is 9.47 Å². The molecule has 0 saturated carbocycles. The Bertz CT molecular complexity index is 660. The molecule has 2 aromatic heterocycles. The summed E-state index contributed by atoms with van der Waals surface area (Å²) in [7, 11) is 0. The standard InChI is InChI=1S/C14H20N6O4S2/c1-3-23-13(21)9-11(25-19-17-9)15-7-5-6-8-16-12-10(18-20-26-12)14(22)24-4-2/h15-16H,3-8H2,1-2H3. The van der Waals surface area contributed by atoms with E-state index in [1.165, 1.54) is 0 Å². The van der Waals surface area contributed by atoms with Crippen molar-refractivity contribution < 1.29 is 19.1 Å². The number of aromatic nitrogens is 4. The van der Waals surface area contributed by atoms with Crippen LogP contribution in [0.15, 0.2) is 0 Å². The van der Waals surface area contributed by atoms with Gasteiger partial charge in [0.1, 0.15) is 10.0 Å². The fourth-order valence-electron chi connectivity index (χ4n) is 1.93. The van der Waals surface area contributed by atoms with Gasteiger partial charge in [-0.25, -0.2) is 9.59 Å². The van der Waals surface area contributed by atoms with Crippen molar-refractivity contribution in [1.29, 1.82) is 0 Å². The minimum absolute atomic E-state index is 0.213. The molecule has 0 aliphatic heterocycles. The third kappa shape index (κ3) is 5.59. The van der Waals surface area contributed by atoms with Gasteiger partial charge in [-0.05, 0) is 26.7 Å². The molecular formula is C14H20N6O4S2. The molecule has 0 aliphatic rings. The molecule has 0 saturated heterocycles. The van der Waals surface area contributed by atoms with Crippen molar-refractivity contribution >= 4 is 45.0 Å². The molecule has 2 N–H and O–H groups in total. The summed E-state index contributed by atoms with van der Waals surface area (Å²) in [5.74, 6) is -0.954. The topological polar surface area (TPSA) is 128 Å². The fourth-order valence-corrected chi connectivity index (χ4v) is 3.10. The maximum Gasteiger partial charge on any atom is 0.362 e. The smallest absolute Gasteiger partial charge is 0.362 e. The van der Waals surface area contributed by atoms with Crippen LogP contribution in [-0.4, -0.2) is 57.4 Å². The maximum atomic E-state index is 11.7. The molecule has 0 radical (unpaired) electrons. The van der Waals surface area contributed by atoms with E-state index in [1.54, 1.807) is 13.8 Å². The van der Waals surface area contributed by atoms with E-state index >= 15 is 0 Å². The van der Waals surface area contributed by atoms with Gasteiger partial charge in [-0.15, -0.1) is 10.2 Å². The third-order valence-corrected chi connectivity index (χ3v) is 4.46. The molecule has 0 unspecified atom stereocenters. The molecule has 2 rings (SSSR count). The van der Waals surface area contributed by atoms with Crippen molar-refractivity contribution in [2.75, 3.05) is 36.9 Å². The van der Waals surface area contributed by atoms with Crippen molar-refractivity contribution in [3.8, 4) is 0 Å². The summed E-state index contributed by atoms with van der Waals surface area (Å²) in [6, 6.07) is 0. The summed E-state index contributed by atoms with van der Waals surface area (Å²) < 4.78 is 17.4. The van der Waals surface area contributed by atoms with Crippen LogP contribution in [0, 0.1) is 0 Å². The van der Waals surface area contributed by atoms with E-state index in [2.05, 4.69) is 29.8 Å². The zero-order valence-electron chi connectivity index (χ0n) is 14.5. The molecule has 2 heterocycles. The lowest BCUT2D eigenvalue weighted by Gasteiger charge is -2.06. The highest BCUT2D eigenvalue weighted by atomic mass is 32.1. The second-order valence-corrected chi connectivity index (χ2v) is 6.41. The number of esters is 2. The molecule has 0 aliphatic carbocycles. The van der Waals surface area contributed by atoms with Crippen molar-refractivity contribution in [2.24, 2.45) is 0 Å². The van der Waals surface area contributed by atoms with Gasteiger partial charge in [-0.2, -0.15) is 0 Å². The van der Waals surface area contributed by atoms with E-state index in [-0.39, 0.29) is 11.4 Å². The van der Waals surface area contributed by atoms with Gasteiger partial charge >= 0.3 is 11.9 Å². The van der Waals surface area contributed by atoms with Gasteiger partial charge < -0.3 is 20.1 Å². The van der Waals surface area contributed by atoms with E-state index in [9.17, 15) is 9.59 Å². The van der Waals surface area contributed by atoms with Crippen LogP contribution in [0.25, 0.3) is 0 Å². The number of nitrogens with one attached hydrogen (secondary N) is 2. The predicted octanol–water partition coefficient (Wildman–Crippen LogP) is 2.05. The largest absolute Gasteiger partial charge is 0.461 e. The van der Waals surface area contributed by atoms with Crippen LogP contribution >= 0.6 is 23.1 Å². The highest BCUT2D eigenvalue weighted by molar-refractivity contribution is 7.10. The van der Waals surface area contributed by atoms with Crippen LogP contribution in [0.4, 0.5) is 10.0 Å². The van der Waals surface area contributed by atoms with Gasteiger partial charge in [0.25, 0.3) is 0 Å². The first-order valence-electron chi connectivity index (χ1n) is 8.14. The second kappa shape index (κ2) is 10.6. The minimum atomic E-state index is -0.477. The lowest BCUT2D eigenvalue weighted by molar-refractivity contribution is 0.0511. The molecule has 0 aromatic carbocycles. The first kappa shape index (κ1) is 20.0. The van der Waals surface area contributed by atoms with E-state index in [1.807, 2.05) is 0 Å². The van der Waals surface area contributed by atoms with Crippen LogP contribution in [0.5, 0.6) is 0 Å². The average molecular weight is 400 g/mol. The van der Waals surface area contributed by atoms with Gasteiger partial charge in [-0.3, -0.25) is 0 Å². The first-order chi connectivity index (χ1) is 12.7. The quantitative estimate of drug-likeness (QED) is 0.427. The highest BCUT2D eigenvalue weighted by Gasteiger charge is 2.18. The number of unbranched alkanes of at least 4 members (excludes halogenated alkanes) is 1. The Labute approximate surface area is 158 Å².